The first-order chi connectivity index (χ1) is 7.61. The zero-order valence-electron chi connectivity index (χ0n) is 9.22. The maximum Gasteiger partial charge on any atom is 0.151 e. The van der Waals surface area contributed by atoms with Gasteiger partial charge in [0.2, 0.25) is 0 Å². The SMILES string of the molecule is N#CCNC1CCN(C2CCS(=O)(=O)C2)C1. The molecule has 90 valence electrons. The molecule has 0 radical (unpaired) electrons. The van der Waals surface area contributed by atoms with Crippen LogP contribution in [0.4, 0.5) is 0 Å². The molecule has 2 saturated heterocycles. The topological polar surface area (TPSA) is 73.2 Å². The van der Waals surface area contributed by atoms with Gasteiger partial charge in [-0.1, -0.05) is 0 Å². The molecule has 0 aromatic heterocycles. The minimum absolute atomic E-state index is 0.207. The molecule has 0 aliphatic carbocycles. The predicted octanol–water partition coefficient (Wildman–Crippen LogP) is -0.639. The summed E-state index contributed by atoms with van der Waals surface area (Å²) in [5.41, 5.74) is 0. The number of sulfone groups is 1. The van der Waals surface area contributed by atoms with Crippen LogP contribution >= 0.6 is 0 Å². The van der Waals surface area contributed by atoms with E-state index in [1.807, 2.05) is 0 Å². The van der Waals surface area contributed by atoms with Gasteiger partial charge in [0, 0.05) is 25.2 Å². The summed E-state index contributed by atoms with van der Waals surface area (Å²) in [6.45, 7) is 2.20. The standard InChI is InChI=1S/C10H17N3O2S/c11-3-4-12-9-1-5-13(7-9)10-2-6-16(14,15)8-10/h9-10,12H,1-2,4-8H2. The number of hydrogen-bond acceptors (Lipinski definition) is 5. The van der Waals surface area contributed by atoms with E-state index >= 15 is 0 Å². The highest BCUT2D eigenvalue weighted by Crippen LogP contribution is 2.21. The van der Waals surface area contributed by atoms with Crippen LogP contribution in [-0.2, 0) is 9.84 Å². The molecule has 16 heavy (non-hydrogen) atoms. The second-order valence-corrected chi connectivity index (χ2v) is 6.81. The Balaban J connectivity index is 1.83. The first-order valence-corrected chi connectivity index (χ1v) is 7.48. The summed E-state index contributed by atoms with van der Waals surface area (Å²) < 4.78 is 22.7. The molecule has 0 aromatic rings. The monoisotopic (exact) mass is 243 g/mol. The van der Waals surface area contributed by atoms with Gasteiger partial charge in [-0.2, -0.15) is 5.26 Å². The van der Waals surface area contributed by atoms with E-state index in [0.717, 1.165) is 25.9 Å². The lowest BCUT2D eigenvalue weighted by Gasteiger charge is -2.22. The lowest BCUT2D eigenvalue weighted by molar-refractivity contribution is 0.257. The van der Waals surface area contributed by atoms with Crippen molar-refractivity contribution >= 4 is 9.84 Å². The van der Waals surface area contributed by atoms with Crippen LogP contribution in [0.2, 0.25) is 0 Å². The fourth-order valence-electron chi connectivity index (χ4n) is 2.54. The smallest absolute Gasteiger partial charge is 0.151 e. The molecule has 0 saturated carbocycles. The maximum absolute atomic E-state index is 11.4. The number of likely N-dealkylation sites (tertiary alicyclic amines) is 1. The summed E-state index contributed by atoms with van der Waals surface area (Å²) in [6.07, 6.45) is 1.78. The number of nitriles is 1. The van der Waals surface area contributed by atoms with Crippen LogP contribution in [0.15, 0.2) is 0 Å². The Labute approximate surface area is 96.3 Å². The van der Waals surface area contributed by atoms with Gasteiger partial charge in [-0.15, -0.1) is 0 Å². The summed E-state index contributed by atoms with van der Waals surface area (Å²) in [5, 5.41) is 11.6. The van der Waals surface area contributed by atoms with Crippen LogP contribution in [0.25, 0.3) is 0 Å². The Bertz CT molecular complexity index is 387. The second-order valence-electron chi connectivity index (χ2n) is 4.58. The molecule has 2 fully saturated rings. The molecular weight excluding hydrogens is 226 g/mol. The van der Waals surface area contributed by atoms with E-state index in [1.165, 1.54) is 0 Å². The average molecular weight is 243 g/mol. The first kappa shape index (κ1) is 11.8. The van der Waals surface area contributed by atoms with Gasteiger partial charge < -0.3 is 5.32 Å². The van der Waals surface area contributed by atoms with Crippen LogP contribution < -0.4 is 5.32 Å². The summed E-state index contributed by atoms with van der Waals surface area (Å²) in [7, 11) is -2.78. The highest BCUT2D eigenvalue weighted by Gasteiger charge is 2.35. The van der Waals surface area contributed by atoms with Crippen LogP contribution in [0, 0.1) is 11.3 Å². The van der Waals surface area contributed by atoms with E-state index in [-0.39, 0.29) is 6.04 Å². The molecule has 0 aromatic carbocycles. The minimum atomic E-state index is -2.78. The van der Waals surface area contributed by atoms with Crippen molar-refractivity contribution in [3.8, 4) is 6.07 Å². The van der Waals surface area contributed by atoms with Gasteiger partial charge in [-0.3, -0.25) is 4.90 Å². The molecule has 2 heterocycles. The molecule has 1 N–H and O–H groups in total. The molecule has 2 rings (SSSR count). The van der Waals surface area contributed by atoms with Gasteiger partial charge in [-0.25, -0.2) is 8.42 Å². The Morgan fingerprint density at radius 2 is 2.25 bits per heavy atom. The maximum atomic E-state index is 11.4. The molecule has 2 aliphatic rings. The highest BCUT2D eigenvalue weighted by atomic mass is 32.2. The van der Waals surface area contributed by atoms with Gasteiger partial charge in [0.05, 0.1) is 24.1 Å². The van der Waals surface area contributed by atoms with E-state index in [2.05, 4.69) is 16.3 Å². The highest BCUT2D eigenvalue weighted by molar-refractivity contribution is 7.91. The molecule has 2 atom stereocenters. The fourth-order valence-corrected chi connectivity index (χ4v) is 4.30. The van der Waals surface area contributed by atoms with Crippen molar-refractivity contribution in [2.24, 2.45) is 0 Å². The van der Waals surface area contributed by atoms with Gasteiger partial charge in [0.1, 0.15) is 0 Å². The van der Waals surface area contributed by atoms with Crippen LogP contribution in [0.3, 0.4) is 0 Å². The van der Waals surface area contributed by atoms with E-state index in [9.17, 15) is 8.42 Å². The van der Waals surface area contributed by atoms with Crippen molar-refractivity contribution < 1.29 is 8.42 Å². The third-order valence-corrected chi connectivity index (χ3v) is 5.16. The van der Waals surface area contributed by atoms with Crippen molar-refractivity contribution in [3.05, 3.63) is 0 Å². The number of hydrogen-bond donors (Lipinski definition) is 1. The summed E-state index contributed by atoms with van der Waals surface area (Å²) in [4.78, 5) is 2.25. The third kappa shape index (κ3) is 2.73. The van der Waals surface area contributed by atoms with Gasteiger partial charge >= 0.3 is 0 Å². The van der Waals surface area contributed by atoms with Crippen LogP contribution in [-0.4, -0.2) is 56.5 Å². The van der Waals surface area contributed by atoms with Crippen LogP contribution in [0.1, 0.15) is 12.8 Å². The van der Waals surface area contributed by atoms with Crippen LogP contribution in [0.5, 0.6) is 0 Å². The fraction of sp³-hybridized carbons (Fsp3) is 0.900. The normalized spacial score (nSPS) is 33.9. The summed E-state index contributed by atoms with van der Waals surface area (Å²) in [5.74, 6) is 0.655. The molecule has 0 amide bonds. The Morgan fingerprint density at radius 1 is 1.44 bits per heavy atom. The van der Waals surface area contributed by atoms with Gasteiger partial charge in [0.15, 0.2) is 9.84 Å². The summed E-state index contributed by atoms with van der Waals surface area (Å²) in [6, 6.07) is 2.62. The van der Waals surface area contributed by atoms with E-state index in [0.29, 0.717) is 24.1 Å². The number of nitrogens with one attached hydrogen (secondary N) is 1. The quantitative estimate of drug-likeness (QED) is 0.668. The third-order valence-electron chi connectivity index (χ3n) is 3.41. The molecule has 0 bridgehead atoms. The molecule has 2 aliphatic heterocycles. The summed E-state index contributed by atoms with van der Waals surface area (Å²) >= 11 is 0. The second kappa shape index (κ2) is 4.70. The zero-order valence-corrected chi connectivity index (χ0v) is 10.0. The zero-order chi connectivity index (χ0) is 11.6. The van der Waals surface area contributed by atoms with E-state index in [4.69, 9.17) is 5.26 Å². The molecule has 6 heteroatoms. The molecule has 0 spiro atoms. The lowest BCUT2D eigenvalue weighted by atomic mass is 10.2. The van der Waals surface area contributed by atoms with Crippen molar-refractivity contribution in [3.63, 3.8) is 0 Å². The largest absolute Gasteiger partial charge is 0.300 e. The first-order valence-electron chi connectivity index (χ1n) is 5.65. The lowest BCUT2D eigenvalue weighted by Crippen LogP contribution is -2.38. The molecule has 5 nitrogen and oxygen atoms in total. The molecule has 2 unspecified atom stereocenters. The Morgan fingerprint density at radius 3 is 2.88 bits per heavy atom. The average Bonchev–Trinajstić information content (AvgIpc) is 2.81. The van der Waals surface area contributed by atoms with E-state index < -0.39 is 9.84 Å². The van der Waals surface area contributed by atoms with Crippen molar-refractivity contribution in [1.29, 1.82) is 5.26 Å². The van der Waals surface area contributed by atoms with Crippen molar-refractivity contribution in [1.82, 2.24) is 10.2 Å². The van der Waals surface area contributed by atoms with Gasteiger partial charge in [-0.05, 0) is 12.8 Å². The Kier molecular flexibility index (Phi) is 3.47. The predicted molar refractivity (Wildman–Crippen MR) is 60.7 cm³/mol. The Hall–Kier alpha value is -0.640. The van der Waals surface area contributed by atoms with E-state index in [1.54, 1.807) is 0 Å². The number of rotatable bonds is 3. The molecular formula is C10H17N3O2S. The van der Waals surface area contributed by atoms with Crippen molar-refractivity contribution in [2.45, 2.75) is 24.9 Å². The van der Waals surface area contributed by atoms with Gasteiger partial charge in [0.25, 0.3) is 0 Å². The van der Waals surface area contributed by atoms with Crippen molar-refractivity contribution in [2.75, 3.05) is 31.1 Å². The minimum Gasteiger partial charge on any atom is -0.300 e. The number of nitrogens with zero attached hydrogens (tertiary/aromatic N) is 2.